The molecule has 1 aromatic heterocycles. The number of hydrogen-bond donors (Lipinski definition) is 1. The Bertz CT molecular complexity index is 244. The Balaban J connectivity index is 2.89. The lowest BCUT2D eigenvalue weighted by Crippen LogP contribution is -2.04. The Hall–Kier alpha value is -1.11. The summed E-state index contributed by atoms with van der Waals surface area (Å²) in [6.45, 7) is -0.691. The lowest BCUT2D eigenvalue weighted by Gasteiger charge is -1.96. The second-order valence-corrected chi connectivity index (χ2v) is 1.66. The number of rotatable bonds is 1. The van der Waals surface area contributed by atoms with Crippen LogP contribution in [-0.4, -0.2) is 15.3 Å². The summed E-state index contributed by atoms with van der Waals surface area (Å²) < 4.78 is 39.0. The summed E-state index contributed by atoms with van der Waals surface area (Å²) in [4.78, 5) is 0. The van der Waals surface area contributed by atoms with E-state index in [0.29, 0.717) is 0 Å². The Morgan fingerprint density at radius 3 is 2.27 bits per heavy atom. The number of aliphatic hydroxyl groups excluding tert-OH is 1. The second kappa shape index (κ2) is 2.50. The molecule has 62 valence electrons. The predicted molar refractivity (Wildman–Crippen MR) is 25.2 cm³/mol. The van der Waals surface area contributed by atoms with Gasteiger partial charge in [0.25, 0.3) is 0 Å². The minimum absolute atomic E-state index is 0.447. The molecule has 1 N–H and O–H groups in total. The molecule has 0 aliphatic rings. The SMILES string of the molecule is OCc1nnc(C(F)(F)F)o1. The van der Waals surface area contributed by atoms with Crippen LogP contribution in [0.3, 0.4) is 0 Å². The molecule has 1 rings (SSSR count). The van der Waals surface area contributed by atoms with Gasteiger partial charge >= 0.3 is 12.1 Å². The van der Waals surface area contributed by atoms with E-state index in [9.17, 15) is 13.2 Å². The van der Waals surface area contributed by atoms with Crippen molar-refractivity contribution in [1.29, 1.82) is 0 Å². The molecule has 0 amide bonds. The Labute approximate surface area is 58.7 Å². The molecule has 0 aliphatic carbocycles. The van der Waals surface area contributed by atoms with Crippen LogP contribution in [0.4, 0.5) is 13.2 Å². The van der Waals surface area contributed by atoms with Crippen molar-refractivity contribution in [3.8, 4) is 0 Å². The minimum Gasteiger partial charge on any atom is -0.415 e. The van der Waals surface area contributed by atoms with Crippen LogP contribution in [0.15, 0.2) is 4.42 Å². The molecule has 11 heavy (non-hydrogen) atoms. The molecule has 0 radical (unpaired) electrons. The van der Waals surface area contributed by atoms with Crippen LogP contribution in [0.2, 0.25) is 0 Å². The van der Waals surface area contributed by atoms with Crippen LogP contribution < -0.4 is 0 Å². The average Bonchev–Trinajstić information content (AvgIpc) is 2.32. The standard InChI is InChI=1S/C4H3F3N2O2/c5-4(6,7)3-9-8-2(1-10)11-3/h10H,1H2. The molecule has 7 heteroatoms. The van der Waals surface area contributed by atoms with Gasteiger partial charge in [-0.25, -0.2) is 0 Å². The maximum Gasteiger partial charge on any atom is 0.470 e. The molecule has 0 aliphatic heterocycles. The number of hydrogen-bond acceptors (Lipinski definition) is 4. The lowest BCUT2D eigenvalue weighted by molar-refractivity contribution is -0.157. The molecule has 0 unspecified atom stereocenters. The van der Waals surface area contributed by atoms with E-state index in [-0.39, 0.29) is 0 Å². The molecule has 1 aromatic rings. The minimum atomic E-state index is -4.64. The molecule has 0 saturated heterocycles. The number of aromatic nitrogens is 2. The smallest absolute Gasteiger partial charge is 0.415 e. The Morgan fingerprint density at radius 2 is 2.00 bits per heavy atom. The Morgan fingerprint density at radius 1 is 1.36 bits per heavy atom. The summed E-state index contributed by atoms with van der Waals surface area (Å²) in [5, 5.41) is 13.8. The third kappa shape index (κ3) is 1.67. The van der Waals surface area contributed by atoms with Crippen molar-refractivity contribution in [2.75, 3.05) is 0 Å². The summed E-state index contributed by atoms with van der Waals surface area (Å²) in [6, 6.07) is 0. The third-order valence-electron chi connectivity index (χ3n) is 0.845. The van der Waals surface area contributed by atoms with E-state index >= 15 is 0 Å². The van der Waals surface area contributed by atoms with Crippen molar-refractivity contribution in [2.45, 2.75) is 12.8 Å². The monoisotopic (exact) mass is 168 g/mol. The number of halogens is 3. The molecule has 0 bridgehead atoms. The van der Waals surface area contributed by atoms with Crippen LogP contribution in [-0.2, 0) is 12.8 Å². The topological polar surface area (TPSA) is 59.2 Å². The van der Waals surface area contributed by atoms with Gasteiger partial charge in [-0.15, -0.1) is 10.2 Å². The van der Waals surface area contributed by atoms with Crippen molar-refractivity contribution in [1.82, 2.24) is 10.2 Å². The summed E-state index contributed by atoms with van der Waals surface area (Å²) in [5.74, 6) is -1.89. The quantitative estimate of drug-likeness (QED) is 0.666. The van der Waals surface area contributed by atoms with Gasteiger partial charge in [-0.1, -0.05) is 0 Å². The largest absolute Gasteiger partial charge is 0.470 e. The fourth-order valence-electron chi connectivity index (χ4n) is 0.432. The normalized spacial score (nSPS) is 12.0. The Kier molecular flexibility index (Phi) is 1.81. The van der Waals surface area contributed by atoms with E-state index in [1.807, 2.05) is 0 Å². The molecule has 0 saturated carbocycles. The van der Waals surface area contributed by atoms with Gasteiger partial charge in [-0.2, -0.15) is 13.2 Å². The number of aliphatic hydroxyl groups is 1. The molecular formula is C4H3F3N2O2. The van der Waals surface area contributed by atoms with Crippen molar-refractivity contribution < 1.29 is 22.7 Å². The predicted octanol–water partition coefficient (Wildman–Crippen LogP) is 0.581. The van der Waals surface area contributed by atoms with Crippen molar-refractivity contribution in [2.24, 2.45) is 0 Å². The van der Waals surface area contributed by atoms with E-state index < -0.39 is 24.6 Å². The molecule has 0 atom stereocenters. The van der Waals surface area contributed by atoms with Gasteiger partial charge in [0.1, 0.15) is 6.61 Å². The number of alkyl halides is 3. The van der Waals surface area contributed by atoms with Gasteiger partial charge in [-0.05, 0) is 0 Å². The molecule has 1 heterocycles. The average molecular weight is 168 g/mol. The summed E-state index contributed by atoms with van der Waals surface area (Å²) in [5.41, 5.74) is 0. The first-order valence-electron chi connectivity index (χ1n) is 2.54. The van der Waals surface area contributed by atoms with Crippen LogP contribution in [0.25, 0.3) is 0 Å². The second-order valence-electron chi connectivity index (χ2n) is 1.66. The number of nitrogens with zero attached hydrogens (tertiary/aromatic N) is 2. The first-order valence-corrected chi connectivity index (χ1v) is 2.54. The highest BCUT2D eigenvalue weighted by Gasteiger charge is 2.37. The zero-order valence-electron chi connectivity index (χ0n) is 5.09. The van der Waals surface area contributed by atoms with E-state index in [0.717, 1.165) is 0 Å². The fourth-order valence-corrected chi connectivity index (χ4v) is 0.432. The summed E-state index contributed by atoms with van der Waals surface area (Å²) in [6.07, 6.45) is -4.64. The van der Waals surface area contributed by atoms with E-state index in [2.05, 4.69) is 14.6 Å². The van der Waals surface area contributed by atoms with E-state index in [1.54, 1.807) is 0 Å². The van der Waals surface area contributed by atoms with Crippen LogP contribution >= 0.6 is 0 Å². The van der Waals surface area contributed by atoms with E-state index in [1.165, 1.54) is 0 Å². The van der Waals surface area contributed by atoms with Crippen molar-refractivity contribution in [3.63, 3.8) is 0 Å². The zero-order chi connectivity index (χ0) is 8.48. The highest BCUT2D eigenvalue weighted by Crippen LogP contribution is 2.27. The lowest BCUT2D eigenvalue weighted by atomic mass is 10.6. The van der Waals surface area contributed by atoms with Crippen molar-refractivity contribution in [3.05, 3.63) is 11.8 Å². The maximum absolute atomic E-state index is 11.7. The van der Waals surface area contributed by atoms with E-state index in [4.69, 9.17) is 5.11 Å². The maximum atomic E-state index is 11.7. The van der Waals surface area contributed by atoms with Gasteiger partial charge in [-0.3, -0.25) is 0 Å². The van der Waals surface area contributed by atoms with Gasteiger partial charge in [0.05, 0.1) is 0 Å². The van der Waals surface area contributed by atoms with Gasteiger partial charge in [0.2, 0.25) is 5.89 Å². The molecule has 0 aromatic carbocycles. The van der Waals surface area contributed by atoms with Gasteiger partial charge < -0.3 is 9.52 Å². The molecule has 4 nitrogen and oxygen atoms in total. The summed E-state index contributed by atoms with van der Waals surface area (Å²) in [7, 11) is 0. The molecule has 0 spiro atoms. The first-order chi connectivity index (χ1) is 5.04. The molecular weight excluding hydrogens is 165 g/mol. The van der Waals surface area contributed by atoms with Crippen LogP contribution in [0.1, 0.15) is 11.8 Å². The van der Waals surface area contributed by atoms with Crippen LogP contribution in [0, 0.1) is 0 Å². The zero-order valence-corrected chi connectivity index (χ0v) is 5.09. The first kappa shape index (κ1) is 7.99. The highest BCUT2D eigenvalue weighted by atomic mass is 19.4. The van der Waals surface area contributed by atoms with Crippen molar-refractivity contribution >= 4 is 0 Å². The fraction of sp³-hybridized carbons (Fsp3) is 0.500. The highest BCUT2D eigenvalue weighted by molar-refractivity contribution is 4.84. The van der Waals surface area contributed by atoms with Gasteiger partial charge in [0.15, 0.2) is 0 Å². The molecule has 0 fully saturated rings. The van der Waals surface area contributed by atoms with Crippen LogP contribution in [0.5, 0.6) is 0 Å². The third-order valence-corrected chi connectivity index (χ3v) is 0.845. The summed E-state index contributed by atoms with van der Waals surface area (Å²) >= 11 is 0. The van der Waals surface area contributed by atoms with Gasteiger partial charge in [0, 0.05) is 0 Å².